The average Bonchev–Trinajstić information content (AvgIpc) is 2.01. The van der Waals surface area contributed by atoms with E-state index < -0.39 is 24.2 Å². The van der Waals surface area contributed by atoms with E-state index in [1.54, 1.807) is 0 Å². The van der Waals surface area contributed by atoms with Crippen molar-refractivity contribution in [3.63, 3.8) is 0 Å². The Balaban J connectivity index is 5.02. The van der Waals surface area contributed by atoms with Crippen LogP contribution in [0.4, 0.5) is 13.2 Å². The van der Waals surface area contributed by atoms with Crippen LogP contribution in [0.1, 0.15) is 20.3 Å². The number of hydrogen-bond acceptors (Lipinski definition) is 3. The third kappa shape index (κ3) is 3.23. The van der Waals surface area contributed by atoms with Gasteiger partial charge in [-0.05, 0) is 13.8 Å². The van der Waals surface area contributed by atoms with Crippen molar-refractivity contribution in [2.45, 2.75) is 32.0 Å². The van der Waals surface area contributed by atoms with Crippen LogP contribution in [0.3, 0.4) is 0 Å². The zero-order valence-electron chi connectivity index (χ0n) is 8.52. The highest BCUT2D eigenvalue weighted by Gasteiger charge is 2.60. The number of carbonyl (C=O) groups excluding carboxylic acids is 1. The molecule has 0 radical (unpaired) electrons. The summed E-state index contributed by atoms with van der Waals surface area (Å²) in [6.45, 7) is 5.64. The second kappa shape index (κ2) is 4.65. The van der Waals surface area contributed by atoms with E-state index in [2.05, 4.69) is 11.3 Å². The minimum absolute atomic E-state index is 0.0443. The van der Waals surface area contributed by atoms with Crippen LogP contribution < -0.4 is 0 Å². The van der Waals surface area contributed by atoms with Gasteiger partial charge in [0.25, 0.3) is 5.60 Å². The Labute approximate surface area is 85.5 Å². The van der Waals surface area contributed by atoms with Gasteiger partial charge in [0.15, 0.2) is 0 Å². The summed E-state index contributed by atoms with van der Waals surface area (Å²) in [4.78, 5) is 11.0. The van der Waals surface area contributed by atoms with Crippen molar-refractivity contribution in [1.29, 1.82) is 0 Å². The first-order chi connectivity index (χ1) is 6.65. The maximum absolute atomic E-state index is 12.4. The highest BCUT2D eigenvalue weighted by atomic mass is 19.4. The summed E-state index contributed by atoms with van der Waals surface area (Å²) in [5.74, 6) is -1.69. The van der Waals surface area contributed by atoms with Crippen molar-refractivity contribution in [3.05, 3.63) is 12.2 Å². The topological polar surface area (TPSA) is 46.5 Å². The molecule has 0 aliphatic carbocycles. The number of rotatable bonds is 4. The maximum atomic E-state index is 12.4. The number of alkyl halides is 3. The van der Waals surface area contributed by atoms with Gasteiger partial charge < -0.3 is 9.84 Å². The number of ether oxygens (including phenoxy) is 1. The fourth-order valence-electron chi connectivity index (χ4n) is 0.975. The first-order valence-electron chi connectivity index (χ1n) is 4.26. The summed E-state index contributed by atoms with van der Waals surface area (Å²) in [6, 6.07) is 0. The summed E-state index contributed by atoms with van der Waals surface area (Å²) in [7, 11) is 0. The molecular weight excluding hydrogens is 213 g/mol. The van der Waals surface area contributed by atoms with Crippen molar-refractivity contribution in [3.8, 4) is 0 Å². The molecule has 0 bridgehead atoms. The largest absolute Gasteiger partial charge is 0.464 e. The molecule has 3 nitrogen and oxygen atoms in total. The monoisotopic (exact) mass is 226 g/mol. The van der Waals surface area contributed by atoms with Gasteiger partial charge in [0, 0.05) is 6.42 Å². The van der Waals surface area contributed by atoms with Gasteiger partial charge in [-0.1, -0.05) is 5.57 Å². The lowest BCUT2D eigenvalue weighted by molar-refractivity contribution is -0.262. The Bertz CT molecular complexity index is 260. The molecule has 0 aliphatic rings. The van der Waals surface area contributed by atoms with Gasteiger partial charge in [0.1, 0.15) is 0 Å². The minimum Gasteiger partial charge on any atom is -0.464 e. The molecule has 0 fully saturated rings. The Morgan fingerprint density at radius 3 is 2.20 bits per heavy atom. The van der Waals surface area contributed by atoms with E-state index in [1.165, 1.54) is 13.8 Å². The second-order valence-electron chi connectivity index (χ2n) is 3.21. The van der Waals surface area contributed by atoms with E-state index in [4.69, 9.17) is 0 Å². The summed E-state index contributed by atoms with van der Waals surface area (Å²) in [5, 5.41) is 9.26. The van der Waals surface area contributed by atoms with Crippen LogP contribution in [0.5, 0.6) is 0 Å². The number of hydrogen-bond donors (Lipinski definition) is 1. The summed E-state index contributed by atoms with van der Waals surface area (Å²) in [5.41, 5.74) is -3.45. The van der Waals surface area contributed by atoms with Gasteiger partial charge in [0.2, 0.25) is 0 Å². The zero-order chi connectivity index (χ0) is 12.3. The van der Waals surface area contributed by atoms with Crippen molar-refractivity contribution < 1.29 is 27.8 Å². The van der Waals surface area contributed by atoms with Crippen LogP contribution >= 0.6 is 0 Å². The fraction of sp³-hybridized carbons (Fsp3) is 0.667. The number of esters is 1. The summed E-state index contributed by atoms with van der Waals surface area (Å²) >= 11 is 0. The smallest absolute Gasteiger partial charge is 0.428 e. The van der Waals surface area contributed by atoms with Gasteiger partial charge in [-0.15, -0.1) is 6.58 Å². The first-order valence-corrected chi connectivity index (χ1v) is 4.26. The number of carbonyl (C=O) groups is 1. The van der Waals surface area contributed by atoms with Crippen molar-refractivity contribution in [2.75, 3.05) is 6.61 Å². The van der Waals surface area contributed by atoms with Crippen LogP contribution in [0, 0.1) is 0 Å². The fourth-order valence-corrected chi connectivity index (χ4v) is 0.975. The highest BCUT2D eigenvalue weighted by molar-refractivity contribution is 5.80. The molecule has 0 amide bonds. The number of aliphatic hydroxyl groups is 1. The van der Waals surface area contributed by atoms with E-state index in [-0.39, 0.29) is 12.2 Å². The van der Waals surface area contributed by atoms with E-state index in [0.29, 0.717) is 0 Å². The molecule has 0 heterocycles. The molecule has 0 aliphatic heterocycles. The SMILES string of the molecule is C=C(C)C[C@](O)(C(=O)OCC)C(F)(F)F. The number of halogens is 3. The van der Waals surface area contributed by atoms with Crippen LogP contribution in [0.25, 0.3) is 0 Å². The molecule has 1 N–H and O–H groups in total. The van der Waals surface area contributed by atoms with Crippen molar-refractivity contribution >= 4 is 5.97 Å². The average molecular weight is 226 g/mol. The van der Waals surface area contributed by atoms with Gasteiger partial charge in [-0.25, -0.2) is 4.79 Å². The minimum atomic E-state index is -5.07. The molecule has 6 heteroatoms. The third-order valence-electron chi connectivity index (χ3n) is 1.64. The molecular formula is C9H13F3O3. The lowest BCUT2D eigenvalue weighted by atomic mass is 9.95. The summed E-state index contributed by atoms with van der Waals surface area (Å²) < 4.78 is 41.5. The normalized spacial score (nSPS) is 15.6. The van der Waals surface area contributed by atoms with E-state index in [9.17, 15) is 23.1 Å². The molecule has 88 valence electrons. The molecule has 15 heavy (non-hydrogen) atoms. The predicted octanol–water partition coefficient (Wildman–Crippen LogP) is 1.81. The van der Waals surface area contributed by atoms with Crippen LogP contribution in [-0.4, -0.2) is 29.5 Å². The second-order valence-corrected chi connectivity index (χ2v) is 3.21. The quantitative estimate of drug-likeness (QED) is 0.587. The van der Waals surface area contributed by atoms with Crippen molar-refractivity contribution in [1.82, 2.24) is 0 Å². The Kier molecular flexibility index (Phi) is 4.33. The lowest BCUT2D eigenvalue weighted by Crippen LogP contribution is -2.53. The van der Waals surface area contributed by atoms with Crippen LogP contribution in [-0.2, 0) is 9.53 Å². The first kappa shape index (κ1) is 14.0. The van der Waals surface area contributed by atoms with Gasteiger partial charge in [-0.3, -0.25) is 0 Å². The Morgan fingerprint density at radius 2 is 1.93 bits per heavy atom. The molecule has 0 rings (SSSR count). The third-order valence-corrected chi connectivity index (χ3v) is 1.64. The maximum Gasteiger partial charge on any atom is 0.428 e. The van der Waals surface area contributed by atoms with E-state index in [0.717, 1.165) is 0 Å². The molecule has 0 unspecified atom stereocenters. The van der Waals surface area contributed by atoms with E-state index in [1.807, 2.05) is 0 Å². The predicted molar refractivity (Wildman–Crippen MR) is 47.1 cm³/mol. The molecule has 0 aromatic heterocycles. The zero-order valence-corrected chi connectivity index (χ0v) is 8.52. The molecule has 0 spiro atoms. The molecule has 0 saturated heterocycles. The van der Waals surface area contributed by atoms with Gasteiger partial charge in [-0.2, -0.15) is 13.2 Å². The van der Waals surface area contributed by atoms with Gasteiger partial charge in [0.05, 0.1) is 6.61 Å². The molecule has 0 saturated carbocycles. The Hall–Kier alpha value is -1.04. The highest BCUT2D eigenvalue weighted by Crippen LogP contribution is 2.36. The van der Waals surface area contributed by atoms with Crippen LogP contribution in [0.2, 0.25) is 0 Å². The standard InChI is InChI=1S/C9H13F3O3/c1-4-15-7(13)8(14,5-6(2)3)9(10,11)12/h14H,2,4-5H2,1,3H3/t8-/m0/s1. The van der Waals surface area contributed by atoms with E-state index >= 15 is 0 Å². The van der Waals surface area contributed by atoms with Gasteiger partial charge >= 0.3 is 12.1 Å². The molecule has 0 aromatic carbocycles. The molecule has 0 aromatic rings. The van der Waals surface area contributed by atoms with Crippen molar-refractivity contribution in [2.24, 2.45) is 0 Å². The van der Waals surface area contributed by atoms with Crippen LogP contribution in [0.15, 0.2) is 12.2 Å². The Morgan fingerprint density at radius 1 is 1.47 bits per heavy atom. The summed E-state index contributed by atoms with van der Waals surface area (Å²) in [6.07, 6.45) is -5.96. The lowest BCUT2D eigenvalue weighted by Gasteiger charge is -2.28. The molecule has 1 atom stereocenters.